The van der Waals surface area contributed by atoms with Crippen LogP contribution in [-0.4, -0.2) is 37.2 Å². The van der Waals surface area contributed by atoms with Gasteiger partial charge >= 0.3 is 0 Å². The maximum Gasteiger partial charge on any atom is 0.127 e. The van der Waals surface area contributed by atoms with Crippen LogP contribution in [0.2, 0.25) is 0 Å². The molecule has 2 fully saturated rings. The molecule has 0 amide bonds. The predicted molar refractivity (Wildman–Crippen MR) is 83.1 cm³/mol. The average Bonchev–Trinajstić information content (AvgIpc) is 3.18. The summed E-state index contributed by atoms with van der Waals surface area (Å²) >= 11 is 3.64. The largest absolute Gasteiger partial charge is 0.493 e. The van der Waals surface area contributed by atoms with Crippen molar-refractivity contribution < 1.29 is 4.74 Å². The smallest absolute Gasteiger partial charge is 0.127 e. The second-order valence-electron chi connectivity index (χ2n) is 6.28. The number of halogens is 1. The van der Waals surface area contributed by atoms with Crippen LogP contribution in [-0.2, 0) is 13.0 Å². The summed E-state index contributed by atoms with van der Waals surface area (Å²) < 4.78 is 7.04. The van der Waals surface area contributed by atoms with E-state index in [1.54, 1.807) is 0 Å². The van der Waals surface area contributed by atoms with Gasteiger partial charge in [-0.3, -0.25) is 4.90 Å². The molecule has 0 bridgehead atoms. The number of nitrogens with one attached hydrogen (secondary N) is 1. The van der Waals surface area contributed by atoms with Crippen molar-refractivity contribution in [3.8, 4) is 5.75 Å². The summed E-state index contributed by atoms with van der Waals surface area (Å²) in [5, 5.41) is 3.68. The summed E-state index contributed by atoms with van der Waals surface area (Å²) in [6.07, 6.45) is 3.88. The van der Waals surface area contributed by atoms with E-state index < -0.39 is 0 Å². The lowest BCUT2D eigenvalue weighted by atomic mass is 10.1. The van der Waals surface area contributed by atoms with Crippen molar-refractivity contribution in [2.75, 3.05) is 26.2 Å². The van der Waals surface area contributed by atoms with Gasteiger partial charge in [0.1, 0.15) is 5.75 Å². The van der Waals surface area contributed by atoms with Crippen LogP contribution in [0.1, 0.15) is 24.0 Å². The molecule has 4 rings (SSSR count). The van der Waals surface area contributed by atoms with Crippen LogP contribution in [0.4, 0.5) is 0 Å². The average molecular weight is 337 g/mol. The third-order valence-electron chi connectivity index (χ3n) is 4.70. The van der Waals surface area contributed by atoms with Gasteiger partial charge in [0, 0.05) is 48.7 Å². The zero-order valence-corrected chi connectivity index (χ0v) is 13.3. The molecular formula is C16H21BrN2O. The molecule has 1 N–H and O–H groups in total. The molecule has 1 saturated carbocycles. The van der Waals surface area contributed by atoms with E-state index in [-0.39, 0.29) is 0 Å². The molecule has 4 heteroatoms. The molecule has 1 aliphatic carbocycles. The van der Waals surface area contributed by atoms with Gasteiger partial charge in [0.2, 0.25) is 0 Å². The van der Waals surface area contributed by atoms with E-state index in [1.165, 1.54) is 35.0 Å². The Morgan fingerprint density at radius 3 is 3.10 bits per heavy atom. The van der Waals surface area contributed by atoms with Crippen LogP contribution in [0.3, 0.4) is 0 Å². The fourth-order valence-corrected chi connectivity index (χ4v) is 4.06. The van der Waals surface area contributed by atoms with Gasteiger partial charge in [0.05, 0.1) is 6.61 Å². The monoisotopic (exact) mass is 336 g/mol. The Morgan fingerprint density at radius 1 is 1.35 bits per heavy atom. The van der Waals surface area contributed by atoms with Gasteiger partial charge in [-0.1, -0.05) is 15.9 Å². The first-order valence-corrected chi connectivity index (χ1v) is 8.49. The Hall–Kier alpha value is -0.580. The first-order valence-electron chi connectivity index (χ1n) is 7.69. The van der Waals surface area contributed by atoms with Gasteiger partial charge in [-0.15, -0.1) is 0 Å². The van der Waals surface area contributed by atoms with Crippen LogP contribution >= 0.6 is 15.9 Å². The van der Waals surface area contributed by atoms with E-state index in [0.29, 0.717) is 6.04 Å². The van der Waals surface area contributed by atoms with E-state index >= 15 is 0 Å². The van der Waals surface area contributed by atoms with E-state index in [4.69, 9.17) is 4.74 Å². The number of ether oxygens (including phenoxy) is 1. The van der Waals surface area contributed by atoms with Crippen LogP contribution in [0.15, 0.2) is 16.6 Å². The number of hydrogen-bond acceptors (Lipinski definition) is 3. The Balaban J connectivity index is 1.51. The van der Waals surface area contributed by atoms with Crippen molar-refractivity contribution in [2.45, 2.75) is 31.8 Å². The SMILES string of the molecule is Brc1cc2c(c(CN3CCNC(C4CC4)C3)c1)OCC2. The first kappa shape index (κ1) is 13.1. The molecule has 20 heavy (non-hydrogen) atoms. The molecule has 3 nitrogen and oxygen atoms in total. The third-order valence-corrected chi connectivity index (χ3v) is 5.16. The van der Waals surface area contributed by atoms with Crippen LogP contribution in [0.25, 0.3) is 0 Å². The zero-order chi connectivity index (χ0) is 13.5. The minimum absolute atomic E-state index is 0.713. The van der Waals surface area contributed by atoms with Crippen molar-refractivity contribution >= 4 is 15.9 Å². The van der Waals surface area contributed by atoms with Gasteiger partial charge in [-0.25, -0.2) is 0 Å². The molecule has 0 aromatic heterocycles. The maximum atomic E-state index is 5.85. The molecule has 1 saturated heterocycles. The summed E-state index contributed by atoms with van der Waals surface area (Å²) in [5.74, 6) is 2.08. The lowest BCUT2D eigenvalue weighted by Crippen LogP contribution is -2.51. The molecule has 1 aromatic carbocycles. The molecule has 3 aliphatic rings. The lowest BCUT2D eigenvalue weighted by molar-refractivity contribution is 0.179. The van der Waals surface area contributed by atoms with Crippen LogP contribution < -0.4 is 10.1 Å². The van der Waals surface area contributed by atoms with Crippen LogP contribution in [0, 0.1) is 5.92 Å². The third kappa shape index (κ3) is 2.61. The second-order valence-corrected chi connectivity index (χ2v) is 7.20. The first-order chi connectivity index (χ1) is 9.79. The number of piperazine rings is 1. The van der Waals surface area contributed by atoms with Gasteiger partial charge in [0.25, 0.3) is 0 Å². The Morgan fingerprint density at radius 2 is 2.25 bits per heavy atom. The normalized spacial score (nSPS) is 26.4. The minimum atomic E-state index is 0.713. The summed E-state index contributed by atoms with van der Waals surface area (Å²) in [6, 6.07) is 5.15. The molecule has 108 valence electrons. The summed E-state index contributed by atoms with van der Waals surface area (Å²) in [4.78, 5) is 2.59. The molecule has 1 aromatic rings. The predicted octanol–water partition coefficient (Wildman–Crippen LogP) is 2.57. The van der Waals surface area contributed by atoms with E-state index in [2.05, 4.69) is 38.3 Å². The van der Waals surface area contributed by atoms with E-state index in [0.717, 1.165) is 44.3 Å². The van der Waals surface area contributed by atoms with Crippen molar-refractivity contribution in [2.24, 2.45) is 5.92 Å². The number of fused-ring (bicyclic) bond motifs is 1. The van der Waals surface area contributed by atoms with Gasteiger partial charge in [-0.2, -0.15) is 0 Å². The molecule has 0 spiro atoms. The number of nitrogens with zero attached hydrogens (tertiary/aromatic N) is 1. The Labute approximate surface area is 128 Å². The minimum Gasteiger partial charge on any atom is -0.493 e. The fourth-order valence-electron chi connectivity index (χ4n) is 3.50. The highest BCUT2D eigenvalue weighted by molar-refractivity contribution is 9.10. The molecular weight excluding hydrogens is 316 g/mol. The Kier molecular flexibility index (Phi) is 3.49. The van der Waals surface area contributed by atoms with Gasteiger partial charge in [0.15, 0.2) is 0 Å². The van der Waals surface area contributed by atoms with Crippen molar-refractivity contribution in [1.29, 1.82) is 0 Å². The second kappa shape index (κ2) is 5.32. The Bertz CT molecular complexity index is 515. The summed E-state index contributed by atoms with van der Waals surface area (Å²) in [6.45, 7) is 5.31. The summed E-state index contributed by atoms with van der Waals surface area (Å²) in [7, 11) is 0. The topological polar surface area (TPSA) is 24.5 Å². The molecule has 1 atom stereocenters. The van der Waals surface area contributed by atoms with E-state index in [1.807, 2.05) is 0 Å². The maximum absolute atomic E-state index is 5.85. The molecule has 2 aliphatic heterocycles. The number of benzene rings is 1. The standard InChI is InChI=1S/C16H21BrN2O/c17-14-7-12-3-6-20-16(12)13(8-14)9-19-5-4-18-15(10-19)11-1-2-11/h7-8,11,15,18H,1-6,9-10H2. The van der Waals surface area contributed by atoms with Crippen molar-refractivity contribution in [3.63, 3.8) is 0 Å². The van der Waals surface area contributed by atoms with Crippen LogP contribution in [0.5, 0.6) is 5.75 Å². The lowest BCUT2D eigenvalue weighted by Gasteiger charge is -2.34. The molecule has 2 heterocycles. The highest BCUT2D eigenvalue weighted by Crippen LogP contribution is 2.36. The highest BCUT2D eigenvalue weighted by Gasteiger charge is 2.34. The van der Waals surface area contributed by atoms with Gasteiger partial charge in [-0.05, 0) is 36.5 Å². The van der Waals surface area contributed by atoms with Crippen molar-refractivity contribution in [3.05, 3.63) is 27.7 Å². The van der Waals surface area contributed by atoms with E-state index in [9.17, 15) is 0 Å². The van der Waals surface area contributed by atoms with Crippen molar-refractivity contribution in [1.82, 2.24) is 10.2 Å². The highest BCUT2D eigenvalue weighted by atomic mass is 79.9. The quantitative estimate of drug-likeness (QED) is 0.918. The fraction of sp³-hybridized carbons (Fsp3) is 0.625. The summed E-state index contributed by atoms with van der Waals surface area (Å²) in [5.41, 5.74) is 2.71. The zero-order valence-electron chi connectivity index (χ0n) is 11.7. The molecule has 1 unspecified atom stereocenters. The number of hydrogen-bond donors (Lipinski definition) is 1. The molecule has 0 radical (unpaired) electrons. The number of rotatable bonds is 3. The van der Waals surface area contributed by atoms with Gasteiger partial charge < -0.3 is 10.1 Å².